The predicted molar refractivity (Wildman–Crippen MR) is 83.0 cm³/mol. The second-order valence-electron chi connectivity index (χ2n) is 6.76. The lowest BCUT2D eigenvalue weighted by Crippen LogP contribution is -2.46. The Hall–Kier alpha value is -1.22. The number of benzene rings is 1. The Balaban J connectivity index is 1.92. The highest BCUT2D eigenvalue weighted by atomic mass is 15.2. The average Bonchev–Trinajstić information content (AvgIpc) is 2.32. The van der Waals surface area contributed by atoms with E-state index in [0.29, 0.717) is 5.54 Å². The summed E-state index contributed by atoms with van der Waals surface area (Å²) in [6, 6.07) is 5.91. The van der Waals surface area contributed by atoms with Crippen LogP contribution >= 0.6 is 0 Å². The van der Waals surface area contributed by atoms with Crippen LogP contribution in [0.3, 0.4) is 0 Å². The van der Waals surface area contributed by atoms with Crippen LogP contribution in [0.15, 0.2) is 18.2 Å². The molecule has 1 heterocycles. The summed E-state index contributed by atoms with van der Waals surface area (Å²) in [6.07, 6.45) is 3.62. The van der Waals surface area contributed by atoms with Gasteiger partial charge in [-0.25, -0.2) is 0 Å². The highest BCUT2D eigenvalue weighted by Gasteiger charge is 2.27. The van der Waals surface area contributed by atoms with Crippen LogP contribution in [0.25, 0.3) is 0 Å². The van der Waals surface area contributed by atoms with E-state index in [1.807, 2.05) is 12.1 Å². The van der Waals surface area contributed by atoms with E-state index in [1.54, 1.807) is 0 Å². The monoisotopic (exact) mass is 261 g/mol. The first-order chi connectivity index (χ1) is 8.86. The fraction of sp³-hybridized carbons (Fsp3) is 0.625. The Bertz CT molecular complexity index is 426. The molecule has 0 aliphatic carbocycles. The van der Waals surface area contributed by atoms with Crippen molar-refractivity contribution in [3.8, 4) is 0 Å². The van der Waals surface area contributed by atoms with E-state index in [-0.39, 0.29) is 0 Å². The zero-order valence-electron chi connectivity index (χ0n) is 12.4. The molecule has 1 fully saturated rings. The Kier molecular flexibility index (Phi) is 4.04. The molecule has 106 valence electrons. The van der Waals surface area contributed by atoms with E-state index in [0.717, 1.165) is 23.7 Å². The van der Waals surface area contributed by atoms with Crippen molar-refractivity contribution < 1.29 is 0 Å². The van der Waals surface area contributed by atoms with Crippen LogP contribution in [0.1, 0.15) is 39.2 Å². The first kappa shape index (κ1) is 14.2. The number of anilines is 2. The minimum absolute atomic E-state index is 0.297. The molecule has 3 nitrogen and oxygen atoms in total. The maximum atomic E-state index is 6.04. The average molecular weight is 261 g/mol. The van der Waals surface area contributed by atoms with E-state index >= 15 is 0 Å². The van der Waals surface area contributed by atoms with Crippen molar-refractivity contribution in [2.24, 2.45) is 5.92 Å². The molecule has 0 amide bonds. The molecule has 19 heavy (non-hydrogen) atoms. The molecule has 1 saturated heterocycles. The third kappa shape index (κ3) is 3.63. The molecule has 0 aromatic heterocycles. The number of piperidine rings is 1. The number of hydrogen-bond acceptors (Lipinski definition) is 3. The van der Waals surface area contributed by atoms with Gasteiger partial charge in [-0.15, -0.1) is 0 Å². The van der Waals surface area contributed by atoms with Gasteiger partial charge in [0, 0.05) is 16.9 Å². The Labute approximate surface area is 117 Å². The SMILES string of the molecule is CC(C)(C)N1CCC(Cc2ccc(N)cc2N)CC1. The number of likely N-dealkylation sites (tertiary alicyclic amines) is 1. The Morgan fingerprint density at radius 3 is 2.32 bits per heavy atom. The molecular formula is C16H27N3. The van der Waals surface area contributed by atoms with Crippen molar-refractivity contribution >= 4 is 11.4 Å². The molecule has 0 bridgehead atoms. The fourth-order valence-electron chi connectivity index (χ4n) is 2.92. The normalized spacial score (nSPS) is 18.7. The zero-order valence-corrected chi connectivity index (χ0v) is 12.4. The van der Waals surface area contributed by atoms with Gasteiger partial charge in [0.15, 0.2) is 0 Å². The molecule has 4 N–H and O–H groups in total. The van der Waals surface area contributed by atoms with E-state index in [1.165, 1.54) is 31.5 Å². The van der Waals surface area contributed by atoms with Crippen LogP contribution in [-0.2, 0) is 6.42 Å². The third-order valence-corrected chi connectivity index (χ3v) is 4.24. The van der Waals surface area contributed by atoms with E-state index < -0.39 is 0 Å². The second kappa shape index (κ2) is 5.41. The number of hydrogen-bond donors (Lipinski definition) is 2. The maximum absolute atomic E-state index is 6.04. The van der Waals surface area contributed by atoms with Crippen LogP contribution in [0, 0.1) is 5.92 Å². The molecule has 1 aromatic rings. The number of nitrogens with two attached hydrogens (primary N) is 2. The first-order valence-electron chi connectivity index (χ1n) is 7.25. The van der Waals surface area contributed by atoms with Crippen LogP contribution in [0.5, 0.6) is 0 Å². The van der Waals surface area contributed by atoms with Crippen molar-refractivity contribution in [1.29, 1.82) is 0 Å². The van der Waals surface area contributed by atoms with Crippen LogP contribution in [0.4, 0.5) is 11.4 Å². The van der Waals surface area contributed by atoms with Gasteiger partial charge in [-0.05, 0) is 76.7 Å². The van der Waals surface area contributed by atoms with Crippen LogP contribution in [0.2, 0.25) is 0 Å². The summed E-state index contributed by atoms with van der Waals surface area (Å²) >= 11 is 0. The summed E-state index contributed by atoms with van der Waals surface area (Å²) in [5.41, 5.74) is 14.9. The molecule has 0 spiro atoms. The topological polar surface area (TPSA) is 55.3 Å². The molecular weight excluding hydrogens is 234 g/mol. The minimum Gasteiger partial charge on any atom is -0.399 e. The van der Waals surface area contributed by atoms with Gasteiger partial charge >= 0.3 is 0 Å². The van der Waals surface area contributed by atoms with Gasteiger partial charge in [0.2, 0.25) is 0 Å². The predicted octanol–water partition coefficient (Wildman–Crippen LogP) is 2.90. The smallest absolute Gasteiger partial charge is 0.0367 e. The number of nitrogens with zero attached hydrogens (tertiary/aromatic N) is 1. The van der Waals surface area contributed by atoms with E-state index in [4.69, 9.17) is 11.5 Å². The Morgan fingerprint density at radius 1 is 1.16 bits per heavy atom. The molecule has 2 rings (SSSR count). The van der Waals surface area contributed by atoms with Gasteiger partial charge in [0.25, 0.3) is 0 Å². The molecule has 0 unspecified atom stereocenters. The summed E-state index contributed by atoms with van der Waals surface area (Å²) in [5, 5.41) is 0. The number of rotatable bonds is 2. The van der Waals surface area contributed by atoms with Gasteiger partial charge in [-0.1, -0.05) is 6.07 Å². The second-order valence-corrected chi connectivity index (χ2v) is 6.76. The highest BCUT2D eigenvalue weighted by Crippen LogP contribution is 2.28. The summed E-state index contributed by atoms with van der Waals surface area (Å²) in [7, 11) is 0. The van der Waals surface area contributed by atoms with Gasteiger partial charge in [-0.2, -0.15) is 0 Å². The van der Waals surface area contributed by atoms with E-state index in [2.05, 4.69) is 31.7 Å². The maximum Gasteiger partial charge on any atom is 0.0367 e. The molecule has 1 aromatic carbocycles. The van der Waals surface area contributed by atoms with Gasteiger partial charge < -0.3 is 11.5 Å². The van der Waals surface area contributed by atoms with Gasteiger partial charge in [-0.3, -0.25) is 4.90 Å². The summed E-state index contributed by atoms with van der Waals surface area (Å²) < 4.78 is 0. The lowest BCUT2D eigenvalue weighted by Gasteiger charge is -2.41. The van der Waals surface area contributed by atoms with Crippen LogP contribution in [-0.4, -0.2) is 23.5 Å². The van der Waals surface area contributed by atoms with Crippen molar-refractivity contribution in [3.05, 3.63) is 23.8 Å². The summed E-state index contributed by atoms with van der Waals surface area (Å²) in [5.74, 6) is 0.754. The van der Waals surface area contributed by atoms with Crippen LogP contribution < -0.4 is 11.5 Å². The van der Waals surface area contributed by atoms with Crippen molar-refractivity contribution in [2.45, 2.75) is 45.6 Å². The number of nitrogen functional groups attached to an aromatic ring is 2. The molecule has 0 atom stereocenters. The Morgan fingerprint density at radius 2 is 1.79 bits per heavy atom. The molecule has 1 aliphatic heterocycles. The van der Waals surface area contributed by atoms with Crippen molar-refractivity contribution in [2.75, 3.05) is 24.6 Å². The first-order valence-corrected chi connectivity index (χ1v) is 7.25. The molecule has 0 saturated carbocycles. The quantitative estimate of drug-likeness (QED) is 0.805. The summed E-state index contributed by atoms with van der Waals surface area (Å²) in [6.45, 7) is 9.29. The minimum atomic E-state index is 0.297. The van der Waals surface area contributed by atoms with Crippen molar-refractivity contribution in [3.63, 3.8) is 0 Å². The lowest BCUT2D eigenvalue weighted by atomic mass is 9.87. The third-order valence-electron chi connectivity index (χ3n) is 4.24. The molecule has 3 heteroatoms. The largest absolute Gasteiger partial charge is 0.399 e. The van der Waals surface area contributed by atoms with Gasteiger partial charge in [0.05, 0.1) is 0 Å². The summed E-state index contributed by atoms with van der Waals surface area (Å²) in [4.78, 5) is 2.58. The molecule has 1 aliphatic rings. The standard InChI is InChI=1S/C16H27N3/c1-16(2,3)19-8-6-12(7-9-19)10-13-4-5-14(17)11-15(13)18/h4-5,11-12H,6-10,17-18H2,1-3H3. The highest BCUT2D eigenvalue weighted by molar-refractivity contribution is 5.56. The van der Waals surface area contributed by atoms with Crippen molar-refractivity contribution in [1.82, 2.24) is 4.90 Å². The van der Waals surface area contributed by atoms with E-state index in [9.17, 15) is 0 Å². The fourth-order valence-corrected chi connectivity index (χ4v) is 2.92. The molecule has 0 radical (unpaired) electrons. The lowest BCUT2D eigenvalue weighted by molar-refractivity contribution is 0.0876. The van der Waals surface area contributed by atoms with Gasteiger partial charge in [0.1, 0.15) is 0 Å². The zero-order chi connectivity index (χ0) is 14.0.